The summed E-state index contributed by atoms with van der Waals surface area (Å²) in [5, 5.41) is 1.52. The number of carbonyl (C=O) groups excluding carboxylic acids is 1. The number of aromatic amines is 1. The number of piperidine rings is 1. The first-order valence-electron chi connectivity index (χ1n) is 12.9. The normalized spacial score (nSPS) is 14.2. The lowest BCUT2D eigenvalue weighted by atomic mass is 9.93. The van der Waals surface area contributed by atoms with Gasteiger partial charge in [-0.1, -0.05) is 55.3 Å². The molecule has 1 fully saturated rings. The molecule has 8 heteroatoms. The molecule has 37 heavy (non-hydrogen) atoms. The van der Waals surface area contributed by atoms with E-state index < -0.39 is 0 Å². The highest BCUT2D eigenvalue weighted by atomic mass is 35.5. The number of nitrogens with one attached hydrogen (secondary N) is 1. The number of aromatic nitrogens is 3. The van der Waals surface area contributed by atoms with Gasteiger partial charge in [0.05, 0.1) is 17.3 Å². The van der Waals surface area contributed by atoms with Crippen LogP contribution in [-0.2, 0) is 11.3 Å². The molecule has 4 heterocycles. The summed E-state index contributed by atoms with van der Waals surface area (Å²) in [5.74, 6) is 0.827. The second-order valence-electron chi connectivity index (χ2n) is 9.33. The zero-order chi connectivity index (χ0) is 25.6. The van der Waals surface area contributed by atoms with Crippen LogP contribution in [-0.4, -0.2) is 45.6 Å². The van der Waals surface area contributed by atoms with Crippen molar-refractivity contribution in [1.82, 2.24) is 19.9 Å². The van der Waals surface area contributed by atoms with E-state index in [4.69, 9.17) is 26.1 Å². The van der Waals surface area contributed by atoms with E-state index in [2.05, 4.69) is 23.0 Å². The molecule has 3 aromatic heterocycles. The van der Waals surface area contributed by atoms with Gasteiger partial charge in [-0.2, -0.15) is 0 Å². The average Bonchev–Trinajstić information content (AvgIpc) is 3.38. The average molecular weight is 519 g/mol. The van der Waals surface area contributed by atoms with E-state index in [1.165, 1.54) is 0 Å². The molecule has 5 rings (SSSR count). The standard InChI is InChI=1S/C29H31ClN4O3/c1-2-3-17-36-29(35)34-15-12-21(13-16-34)25-18-23-22(11-14-31-28(23)32-25)27-24(30)9-10-26(33-27)37-19-20-7-5-4-6-8-20/h4-11,14,18,21H,2-3,12-13,15-17,19H2,1H3,(H,31,32). The summed E-state index contributed by atoms with van der Waals surface area (Å²) in [6.45, 7) is 4.36. The molecule has 4 aromatic rings. The molecular formula is C29H31ClN4O3. The molecular weight excluding hydrogens is 488 g/mol. The van der Waals surface area contributed by atoms with Gasteiger partial charge >= 0.3 is 6.09 Å². The number of halogens is 1. The highest BCUT2D eigenvalue weighted by Crippen LogP contribution is 2.36. The number of hydrogen-bond donors (Lipinski definition) is 1. The fourth-order valence-electron chi connectivity index (χ4n) is 4.67. The minimum Gasteiger partial charge on any atom is -0.473 e. The number of H-pyrrole nitrogens is 1. The molecule has 1 amide bonds. The van der Waals surface area contributed by atoms with Gasteiger partial charge in [-0.25, -0.2) is 14.8 Å². The summed E-state index contributed by atoms with van der Waals surface area (Å²) >= 11 is 6.60. The number of likely N-dealkylation sites (tertiary alicyclic amines) is 1. The monoisotopic (exact) mass is 518 g/mol. The Hall–Kier alpha value is -3.58. The van der Waals surface area contributed by atoms with E-state index in [9.17, 15) is 4.79 Å². The summed E-state index contributed by atoms with van der Waals surface area (Å²) in [6, 6.07) is 17.7. The van der Waals surface area contributed by atoms with Gasteiger partial charge < -0.3 is 19.4 Å². The van der Waals surface area contributed by atoms with E-state index in [-0.39, 0.29) is 6.09 Å². The van der Waals surface area contributed by atoms with Crippen LogP contribution in [0, 0.1) is 0 Å². The van der Waals surface area contributed by atoms with E-state index in [0.717, 1.165) is 53.5 Å². The summed E-state index contributed by atoms with van der Waals surface area (Å²) in [4.78, 5) is 26.9. The van der Waals surface area contributed by atoms with Crippen molar-refractivity contribution in [3.05, 3.63) is 77.1 Å². The lowest BCUT2D eigenvalue weighted by molar-refractivity contribution is 0.0914. The van der Waals surface area contributed by atoms with Gasteiger partial charge in [-0.3, -0.25) is 0 Å². The maximum Gasteiger partial charge on any atom is 0.409 e. The van der Waals surface area contributed by atoms with Gasteiger partial charge in [-0.15, -0.1) is 0 Å². The number of ether oxygens (including phenoxy) is 2. The molecule has 192 valence electrons. The highest BCUT2D eigenvalue weighted by Gasteiger charge is 2.26. The van der Waals surface area contributed by atoms with Crippen molar-refractivity contribution < 1.29 is 14.3 Å². The quantitative estimate of drug-likeness (QED) is 0.255. The van der Waals surface area contributed by atoms with Crippen LogP contribution in [0.15, 0.2) is 60.8 Å². The summed E-state index contributed by atoms with van der Waals surface area (Å²) in [6.07, 6.45) is 5.20. The van der Waals surface area contributed by atoms with Crippen LogP contribution in [0.2, 0.25) is 5.02 Å². The van der Waals surface area contributed by atoms with Crippen molar-refractivity contribution in [3.8, 4) is 17.1 Å². The molecule has 0 spiro atoms. The molecule has 0 bridgehead atoms. The maximum atomic E-state index is 12.3. The van der Waals surface area contributed by atoms with Crippen molar-refractivity contribution in [1.29, 1.82) is 0 Å². The van der Waals surface area contributed by atoms with Crippen molar-refractivity contribution in [3.63, 3.8) is 0 Å². The van der Waals surface area contributed by atoms with Crippen molar-refractivity contribution in [2.24, 2.45) is 0 Å². The van der Waals surface area contributed by atoms with Crippen molar-refractivity contribution in [2.75, 3.05) is 19.7 Å². The molecule has 0 radical (unpaired) electrons. The third-order valence-corrected chi connectivity index (χ3v) is 7.08. The number of rotatable bonds is 8. The Kier molecular flexibility index (Phi) is 7.90. The SMILES string of the molecule is CCCCOC(=O)N1CCC(c2cc3c(-c4nc(OCc5ccccc5)ccc4Cl)ccnc3[nH]2)CC1. The zero-order valence-corrected chi connectivity index (χ0v) is 21.7. The lowest BCUT2D eigenvalue weighted by Crippen LogP contribution is -2.38. The summed E-state index contributed by atoms with van der Waals surface area (Å²) in [5.41, 5.74) is 4.54. The van der Waals surface area contributed by atoms with Gasteiger partial charge in [0.2, 0.25) is 5.88 Å². The maximum absolute atomic E-state index is 12.3. The molecule has 7 nitrogen and oxygen atoms in total. The molecule has 0 atom stereocenters. The van der Waals surface area contributed by atoms with Crippen LogP contribution in [0.25, 0.3) is 22.3 Å². The van der Waals surface area contributed by atoms with Gasteiger partial charge in [-0.05, 0) is 43.0 Å². The first-order valence-corrected chi connectivity index (χ1v) is 13.2. The number of carbonyl (C=O) groups is 1. The van der Waals surface area contributed by atoms with Crippen LogP contribution in [0.3, 0.4) is 0 Å². The van der Waals surface area contributed by atoms with Crippen LogP contribution >= 0.6 is 11.6 Å². The van der Waals surface area contributed by atoms with Crippen LogP contribution in [0.1, 0.15) is 49.8 Å². The number of nitrogens with zero attached hydrogens (tertiary/aromatic N) is 3. The second-order valence-corrected chi connectivity index (χ2v) is 9.74. The largest absolute Gasteiger partial charge is 0.473 e. The third kappa shape index (κ3) is 5.88. The molecule has 0 unspecified atom stereocenters. The molecule has 1 aliphatic heterocycles. The molecule has 1 N–H and O–H groups in total. The Balaban J connectivity index is 1.32. The minimum atomic E-state index is -0.206. The van der Waals surface area contributed by atoms with Crippen molar-refractivity contribution in [2.45, 2.75) is 45.1 Å². The first-order chi connectivity index (χ1) is 18.1. The van der Waals surface area contributed by atoms with E-state index in [1.54, 1.807) is 12.3 Å². The molecule has 1 saturated heterocycles. The molecule has 1 aliphatic rings. The lowest BCUT2D eigenvalue weighted by Gasteiger charge is -2.30. The smallest absolute Gasteiger partial charge is 0.409 e. The van der Waals surface area contributed by atoms with Crippen molar-refractivity contribution >= 4 is 28.7 Å². The number of benzene rings is 1. The molecule has 0 aliphatic carbocycles. The third-order valence-electron chi connectivity index (χ3n) is 6.77. The summed E-state index contributed by atoms with van der Waals surface area (Å²) < 4.78 is 11.3. The minimum absolute atomic E-state index is 0.206. The second kappa shape index (κ2) is 11.6. The van der Waals surface area contributed by atoms with E-state index in [0.29, 0.717) is 48.8 Å². The summed E-state index contributed by atoms with van der Waals surface area (Å²) in [7, 11) is 0. The molecule has 1 aromatic carbocycles. The Bertz CT molecular complexity index is 1350. The Morgan fingerprint density at radius 2 is 1.95 bits per heavy atom. The van der Waals surface area contributed by atoms with Gasteiger partial charge in [0, 0.05) is 47.9 Å². The topological polar surface area (TPSA) is 80.3 Å². The fourth-order valence-corrected chi connectivity index (χ4v) is 4.87. The first kappa shape index (κ1) is 25.1. The Morgan fingerprint density at radius 1 is 1.14 bits per heavy atom. The number of hydrogen-bond acceptors (Lipinski definition) is 5. The van der Waals surface area contributed by atoms with E-state index >= 15 is 0 Å². The number of unbranched alkanes of at least 4 members (excludes halogenated alkanes) is 1. The van der Waals surface area contributed by atoms with Crippen LogP contribution in [0.5, 0.6) is 5.88 Å². The van der Waals surface area contributed by atoms with Crippen LogP contribution < -0.4 is 4.74 Å². The number of fused-ring (bicyclic) bond motifs is 1. The predicted octanol–water partition coefficient (Wildman–Crippen LogP) is 6.97. The van der Waals surface area contributed by atoms with Crippen LogP contribution in [0.4, 0.5) is 4.79 Å². The zero-order valence-electron chi connectivity index (χ0n) is 21.0. The van der Waals surface area contributed by atoms with E-state index in [1.807, 2.05) is 47.4 Å². The Morgan fingerprint density at radius 3 is 2.73 bits per heavy atom. The Labute approximate surface area is 221 Å². The number of amides is 1. The fraction of sp³-hybridized carbons (Fsp3) is 0.345. The highest BCUT2D eigenvalue weighted by molar-refractivity contribution is 6.33. The van der Waals surface area contributed by atoms with Gasteiger partial charge in [0.25, 0.3) is 0 Å². The van der Waals surface area contributed by atoms with Gasteiger partial charge in [0.15, 0.2) is 0 Å². The predicted molar refractivity (Wildman–Crippen MR) is 145 cm³/mol. The number of pyridine rings is 2. The van der Waals surface area contributed by atoms with Gasteiger partial charge in [0.1, 0.15) is 12.3 Å². The molecule has 0 saturated carbocycles.